The Kier molecular flexibility index (Phi) is 12.2. The maximum atomic E-state index is 15.2. The largest absolute Gasteiger partial charge is 0.494 e. The van der Waals surface area contributed by atoms with E-state index in [0.29, 0.717) is 44.0 Å². The number of ether oxygens (including phenoxy) is 6. The molecular weight excluding hydrogens is 539 g/mol. The van der Waals surface area contributed by atoms with Gasteiger partial charge < -0.3 is 33.5 Å². The highest BCUT2D eigenvalue weighted by Gasteiger charge is 2.69. The average Bonchev–Trinajstić information content (AvgIpc) is 3.36. The van der Waals surface area contributed by atoms with E-state index in [0.717, 1.165) is 49.8 Å². The van der Waals surface area contributed by atoms with Gasteiger partial charge >= 0.3 is 0 Å². The smallest absolute Gasteiger partial charge is 0.225 e. The van der Waals surface area contributed by atoms with Gasteiger partial charge in [0.25, 0.3) is 0 Å². The van der Waals surface area contributed by atoms with Crippen molar-refractivity contribution in [2.75, 3.05) is 39.6 Å². The average molecular weight is 589 g/mol. The third-order valence-corrected chi connectivity index (χ3v) is 8.12. The fourth-order valence-corrected chi connectivity index (χ4v) is 5.74. The van der Waals surface area contributed by atoms with E-state index in [2.05, 4.69) is 20.8 Å². The van der Waals surface area contributed by atoms with Crippen LogP contribution in [0, 0.1) is 5.82 Å². The molecule has 0 aromatic heterocycles. The SMILES string of the molecule is CCCCOC1[C@@H](OCCCC)[C@H](OCCCC)C2(CO)COC1(c1ccc(F)c(Cc3ccc(OCC)cc3)c1)O2. The van der Waals surface area contributed by atoms with Crippen molar-refractivity contribution in [3.05, 3.63) is 65.0 Å². The number of rotatable bonds is 18. The van der Waals surface area contributed by atoms with Crippen LogP contribution in [0.5, 0.6) is 5.75 Å². The van der Waals surface area contributed by atoms with Crippen LogP contribution >= 0.6 is 0 Å². The Labute approximate surface area is 250 Å². The molecule has 0 saturated carbocycles. The lowest BCUT2D eigenvalue weighted by Crippen LogP contribution is -2.67. The molecule has 2 fully saturated rings. The molecule has 2 aromatic carbocycles. The Balaban J connectivity index is 1.73. The molecule has 8 heteroatoms. The molecule has 2 aromatic rings. The minimum Gasteiger partial charge on any atom is -0.494 e. The van der Waals surface area contributed by atoms with Gasteiger partial charge in [0.05, 0.1) is 19.8 Å². The Bertz CT molecular complexity index is 1100. The zero-order valence-corrected chi connectivity index (χ0v) is 25.7. The van der Waals surface area contributed by atoms with Gasteiger partial charge in [-0.15, -0.1) is 0 Å². The number of hydrogen-bond donors (Lipinski definition) is 1. The molecule has 2 aliphatic heterocycles. The topological polar surface area (TPSA) is 75.6 Å². The van der Waals surface area contributed by atoms with Gasteiger partial charge in [-0.1, -0.05) is 58.2 Å². The van der Waals surface area contributed by atoms with E-state index >= 15 is 4.39 Å². The van der Waals surface area contributed by atoms with Crippen LogP contribution in [-0.2, 0) is 35.9 Å². The van der Waals surface area contributed by atoms with Gasteiger partial charge in [0.15, 0.2) is 0 Å². The van der Waals surface area contributed by atoms with Crippen LogP contribution in [0.1, 0.15) is 82.9 Å². The van der Waals surface area contributed by atoms with Gasteiger partial charge in [-0.2, -0.15) is 0 Å². The summed E-state index contributed by atoms with van der Waals surface area (Å²) in [6.45, 7) is 10.2. The monoisotopic (exact) mass is 588 g/mol. The predicted molar refractivity (Wildman–Crippen MR) is 159 cm³/mol. The van der Waals surface area contributed by atoms with Gasteiger partial charge in [0.2, 0.25) is 5.79 Å². The van der Waals surface area contributed by atoms with Crippen LogP contribution in [0.2, 0.25) is 0 Å². The van der Waals surface area contributed by atoms with E-state index in [4.69, 9.17) is 28.4 Å². The van der Waals surface area contributed by atoms with E-state index in [1.165, 1.54) is 6.07 Å². The van der Waals surface area contributed by atoms with E-state index in [1.807, 2.05) is 31.2 Å². The zero-order chi connectivity index (χ0) is 30.0. The van der Waals surface area contributed by atoms with Gasteiger partial charge in [-0.05, 0) is 61.6 Å². The van der Waals surface area contributed by atoms with Gasteiger partial charge in [0.1, 0.15) is 35.5 Å². The Morgan fingerprint density at radius 3 is 2.12 bits per heavy atom. The van der Waals surface area contributed by atoms with Crippen LogP contribution < -0.4 is 4.74 Å². The lowest BCUT2D eigenvalue weighted by atomic mass is 9.83. The third kappa shape index (κ3) is 7.17. The number of fused-ring (bicyclic) bond motifs is 2. The van der Waals surface area contributed by atoms with Crippen molar-refractivity contribution in [2.45, 2.75) is 102 Å². The maximum Gasteiger partial charge on any atom is 0.225 e. The van der Waals surface area contributed by atoms with Crippen molar-refractivity contribution in [2.24, 2.45) is 0 Å². The molecule has 2 bridgehead atoms. The second-order valence-electron chi connectivity index (χ2n) is 11.3. The fraction of sp³-hybridized carbons (Fsp3) is 0.647. The third-order valence-electron chi connectivity index (χ3n) is 8.12. The van der Waals surface area contributed by atoms with Gasteiger partial charge in [0, 0.05) is 31.8 Å². The summed E-state index contributed by atoms with van der Waals surface area (Å²) < 4.78 is 53.6. The first-order valence-electron chi connectivity index (χ1n) is 15.8. The van der Waals surface area contributed by atoms with Gasteiger partial charge in [-0.3, -0.25) is 0 Å². The summed E-state index contributed by atoms with van der Waals surface area (Å²) in [6.07, 6.45) is 4.09. The molecule has 234 valence electrons. The van der Waals surface area contributed by atoms with Crippen LogP contribution in [0.3, 0.4) is 0 Å². The summed E-state index contributed by atoms with van der Waals surface area (Å²) in [5.74, 6) is -0.924. The predicted octanol–water partition coefficient (Wildman–Crippen LogP) is 6.32. The number of hydrogen-bond acceptors (Lipinski definition) is 7. The van der Waals surface area contributed by atoms with E-state index in [-0.39, 0.29) is 19.0 Å². The maximum absolute atomic E-state index is 15.2. The fourth-order valence-electron chi connectivity index (χ4n) is 5.74. The molecule has 1 N–H and O–H groups in total. The van der Waals surface area contributed by atoms with Crippen molar-refractivity contribution < 1.29 is 37.9 Å². The molecule has 5 atom stereocenters. The van der Waals surface area contributed by atoms with Crippen molar-refractivity contribution in [3.8, 4) is 5.75 Å². The van der Waals surface area contributed by atoms with Crippen molar-refractivity contribution in [1.29, 1.82) is 0 Å². The van der Waals surface area contributed by atoms with E-state index < -0.39 is 29.7 Å². The van der Waals surface area contributed by atoms with Crippen LogP contribution in [0.4, 0.5) is 4.39 Å². The quantitative estimate of drug-likeness (QED) is 0.204. The molecule has 7 nitrogen and oxygen atoms in total. The molecule has 2 heterocycles. The summed E-state index contributed by atoms with van der Waals surface area (Å²) in [5, 5.41) is 10.7. The molecular formula is C34H49FO7. The van der Waals surface area contributed by atoms with Crippen LogP contribution in [0.15, 0.2) is 42.5 Å². The summed E-state index contributed by atoms with van der Waals surface area (Å²) in [5.41, 5.74) is 0.961. The van der Waals surface area contributed by atoms with E-state index in [9.17, 15) is 5.11 Å². The molecule has 0 radical (unpaired) electrons. The first-order chi connectivity index (χ1) is 20.5. The second-order valence-corrected chi connectivity index (χ2v) is 11.3. The molecule has 2 saturated heterocycles. The molecule has 2 aliphatic rings. The highest BCUT2D eigenvalue weighted by atomic mass is 19.1. The standard InChI is InChI=1S/C34H49FO7/c1-5-9-18-38-30-31(39-19-10-6-2)33(23-36)24-41-34(42-33,32(30)40-20-11-7-3)27-14-17-29(35)26(22-27)21-25-12-15-28(16-13-25)37-8-4/h12-17,22,30-32,36H,5-11,18-21,23-24H2,1-4H3/t30-,31-,32?,33?,34?/m0/s1. The van der Waals surface area contributed by atoms with E-state index in [1.54, 1.807) is 12.1 Å². The Hall–Kier alpha value is -2.07. The highest BCUT2D eigenvalue weighted by molar-refractivity contribution is 5.37. The molecule has 3 unspecified atom stereocenters. The Morgan fingerprint density at radius 2 is 1.50 bits per heavy atom. The van der Waals surface area contributed by atoms with Crippen LogP contribution in [0.25, 0.3) is 0 Å². The minimum absolute atomic E-state index is 0.104. The summed E-state index contributed by atoms with van der Waals surface area (Å²) in [4.78, 5) is 0. The molecule has 0 amide bonds. The normalized spacial score (nSPS) is 27.0. The van der Waals surface area contributed by atoms with Gasteiger partial charge in [-0.25, -0.2) is 4.39 Å². The summed E-state index contributed by atoms with van der Waals surface area (Å²) in [7, 11) is 0. The number of aliphatic hydroxyl groups excluding tert-OH is 1. The van der Waals surface area contributed by atoms with Crippen molar-refractivity contribution >= 4 is 0 Å². The Morgan fingerprint density at radius 1 is 0.857 bits per heavy atom. The highest BCUT2D eigenvalue weighted by Crippen LogP contribution is 2.52. The lowest BCUT2D eigenvalue weighted by Gasteiger charge is -2.50. The number of unbranched alkanes of at least 4 members (excludes halogenated alkanes) is 3. The number of benzene rings is 2. The molecule has 42 heavy (non-hydrogen) atoms. The summed E-state index contributed by atoms with van der Waals surface area (Å²) in [6, 6.07) is 12.6. The minimum atomic E-state index is -1.39. The zero-order valence-electron chi connectivity index (χ0n) is 25.7. The van der Waals surface area contributed by atoms with Crippen molar-refractivity contribution in [1.82, 2.24) is 0 Å². The molecule has 4 rings (SSSR count). The number of halogens is 1. The second kappa shape index (κ2) is 15.6. The van der Waals surface area contributed by atoms with Crippen molar-refractivity contribution in [3.63, 3.8) is 0 Å². The molecule has 0 spiro atoms. The summed E-state index contributed by atoms with van der Waals surface area (Å²) >= 11 is 0. The van der Waals surface area contributed by atoms with Crippen LogP contribution in [-0.4, -0.2) is 68.7 Å². The first kappa shape index (κ1) is 32.8. The number of aliphatic hydroxyl groups is 1. The first-order valence-corrected chi connectivity index (χ1v) is 15.8. The lowest BCUT2D eigenvalue weighted by molar-refractivity contribution is -0.349. The molecule has 0 aliphatic carbocycles.